The van der Waals surface area contributed by atoms with Crippen LogP contribution in [0.25, 0.3) is 11.1 Å². The number of nitrogens with zero attached hydrogens (tertiary/aromatic N) is 5. The van der Waals surface area contributed by atoms with E-state index in [0.29, 0.717) is 10.8 Å². The number of nitrogens with one attached hydrogen (secondary N) is 2. The van der Waals surface area contributed by atoms with E-state index in [1.54, 1.807) is 23.9 Å². The van der Waals surface area contributed by atoms with Crippen molar-refractivity contribution < 1.29 is 18.1 Å². The first kappa shape index (κ1) is 43.1. The van der Waals surface area contributed by atoms with E-state index < -0.39 is 20.9 Å². The van der Waals surface area contributed by atoms with Crippen LogP contribution >= 0.6 is 23.4 Å². The van der Waals surface area contributed by atoms with Gasteiger partial charge in [-0.15, -0.1) is 11.8 Å². The molecular formula is C45H50ClN7O5S2. The number of carbonyl (C=O) groups excluding carboxylic acids is 1. The number of piperazine rings is 2. The summed E-state index contributed by atoms with van der Waals surface area (Å²) in [6.07, 6.45) is 0.743. The number of hydrogen-bond donors (Lipinski definition) is 2. The fraction of sp³-hybridized carbons (Fsp3) is 0.311. The molecule has 0 aromatic heterocycles. The molecule has 1 amide bonds. The van der Waals surface area contributed by atoms with Gasteiger partial charge in [-0.05, 0) is 90.8 Å². The summed E-state index contributed by atoms with van der Waals surface area (Å²) in [6.45, 7) is 8.80. The summed E-state index contributed by atoms with van der Waals surface area (Å²) in [4.78, 5) is 35.1. The van der Waals surface area contributed by atoms with E-state index in [9.17, 15) is 23.3 Å². The molecule has 2 N–H and O–H groups in total. The second kappa shape index (κ2) is 20.1. The lowest BCUT2D eigenvalue weighted by molar-refractivity contribution is -0.384. The largest absolute Gasteiger partial charge is 0.376 e. The smallest absolute Gasteiger partial charge is 0.293 e. The minimum Gasteiger partial charge on any atom is -0.376 e. The number of anilines is 2. The standard InChI is InChI=1S/C45H50ClN7O5S2/c1-49-23-25-50(26-24-49)22-21-38(33-59-40-8-3-2-4-9-40)47-43-20-19-41(31-44(43)53(55)56)60(57,58)48-45(54)35-13-17-39(18-14-35)52-29-27-51(28-30-52)32-36-7-5-6-10-42(36)34-11-15-37(46)16-12-34/h2-20,31,38,47H,21-30,32-33H2,1H3,(H,48,54)/t38-/m1/s1. The molecule has 15 heteroatoms. The third kappa shape index (κ3) is 11.4. The van der Waals surface area contributed by atoms with Crippen molar-refractivity contribution in [2.45, 2.75) is 28.8 Å². The van der Waals surface area contributed by atoms with Crippen molar-refractivity contribution in [3.8, 4) is 11.1 Å². The van der Waals surface area contributed by atoms with Crippen LogP contribution in [0.3, 0.4) is 0 Å². The number of sulfonamides is 1. The number of nitro groups is 1. The lowest BCUT2D eigenvalue weighted by Gasteiger charge is -2.36. The van der Waals surface area contributed by atoms with Crippen LogP contribution in [0.2, 0.25) is 5.02 Å². The Morgan fingerprint density at radius 3 is 2.18 bits per heavy atom. The molecule has 2 saturated heterocycles. The van der Waals surface area contributed by atoms with Crippen molar-refractivity contribution >= 4 is 56.4 Å². The van der Waals surface area contributed by atoms with E-state index in [2.05, 4.69) is 54.9 Å². The number of nitro benzene ring substituents is 1. The van der Waals surface area contributed by atoms with Gasteiger partial charge >= 0.3 is 0 Å². The number of thioether (sulfide) groups is 1. The second-order valence-electron chi connectivity index (χ2n) is 15.2. The molecular weight excluding hydrogens is 818 g/mol. The maximum Gasteiger partial charge on any atom is 0.293 e. The first-order valence-electron chi connectivity index (χ1n) is 20.1. The van der Waals surface area contributed by atoms with E-state index in [1.165, 1.54) is 23.3 Å². The Bertz CT molecular complexity index is 2340. The zero-order valence-electron chi connectivity index (χ0n) is 33.6. The van der Waals surface area contributed by atoms with Crippen molar-refractivity contribution in [2.75, 3.05) is 81.9 Å². The number of benzene rings is 5. The highest BCUT2D eigenvalue weighted by Crippen LogP contribution is 2.31. The average molecular weight is 869 g/mol. The number of rotatable bonds is 16. The van der Waals surface area contributed by atoms with E-state index in [-0.39, 0.29) is 27.9 Å². The van der Waals surface area contributed by atoms with Crippen LogP contribution in [-0.2, 0) is 16.6 Å². The van der Waals surface area contributed by atoms with Crippen LogP contribution in [0.4, 0.5) is 17.1 Å². The first-order valence-corrected chi connectivity index (χ1v) is 23.0. The lowest BCUT2D eigenvalue weighted by Crippen LogP contribution is -2.46. The van der Waals surface area contributed by atoms with Gasteiger partial charge in [-0.2, -0.15) is 0 Å². The normalized spacial score (nSPS) is 16.0. The maximum atomic E-state index is 13.5. The van der Waals surface area contributed by atoms with Crippen molar-refractivity contribution in [2.24, 2.45) is 0 Å². The number of likely N-dealkylation sites (N-methyl/N-ethyl adjacent to an activating group) is 1. The molecule has 314 valence electrons. The minimum atomic E-state index is -4.44. The van der Waals surface area contributed by atoms with Gasteiger partial charge in [-0.3, -0.25) is 19.8 Å². The molecule has 0 radical (unpaired) electrons. The van der Waals surface area contributed by atoms with Gasteiger partial charge in [-0.1, -0.05) is 66.2 Å². The van der Waals surface area contributed by atoms with Gasteiger partial charge in [0, 0.05) is 104 Å². The molecule has 0 saturated carbocycles. The van der Waals surface area contributed by atoms with Crippen LogP contribution in [0.15, 0.2) is 131 Å². The average Bonchev–Trinajstić information content (AvgIpc) is 3.26. The Morgan fingerprint density at radius 2 is 1.48 bits per heavy atom. The molecule has 0 unspecified atom stereocenters. The summed E-state index contributed by atoms with van der Waals surface area (Å²) in [6, 6.07) is 36.7. The molecule has 0 aliphatic carbocycles. The highest BCUT2D eigenvalue weighted by atomic mass is 35.5. The molecule has 2 fully saturated rings. The van der Waals surface area contributed by atoms with Crippen molar-refractivity contribution in [3.63, 3.8) is 0 Å². The lowest BCUT2D eigenvalue weighted by atomic mass is 9.99. The van der Waals surface area contributed by atoms with Gasteiger partial charge in [0.1, 0.15) is 5.69 Å². The van der Waals surface area contributed by atoms with Gasteiger partial charge in [0.05, 0.1) is 9.82 Å². The van der Waals surface area contributed by atoms with Gasteiger partial charge in [0.25, 0.3) is 21.6 Å². The quantitative estimate of drug-likeness (QED) is 0.0579. The summed E-state index contributed by atoms with van der Waals surface area (Å²) in [5.74, 6) is -0.168. The van der Waals surface area contributed by atoms with Gasteiger partial charge < -0.3 is 20.0 Å². The molecule has 0 spiro atoms. The van der Waals surface area contributed by atoms with Gasteiger partial charge in [-0.25, -0.2) is 13.1 Å². The zero-order valence-corrected chi connectivity index (χ0v) is 36.0. The van der Waals surface area contributed by atoms with Crippen molar-refractivity contribution in [1.29, 1.82) is 0 Å². The summed E-state index contributed by atoms with van der Waals surface area (Å²) in [7, 11) is -2.33. The summed E-state index contributed by atoms with van der Waals surface area (Å²) in [5, 5.41) is 16.4. The molecule has 2 aliphatic heterocycles. The van der Waals surface area contributed by atoms with E-state index in [0.717, 1.165) is 94.1 Å². The third-order valence-electron chi connectivity index (χ3n) is 11.1. The predicted octanol–water partition coefficient (Wildman–Crippen LogP) is 7.57. The topological polar surface area (TPSA) is 131 Å². The third-order valence-corrected chi connectivity index (χ3v) is 13.8. The Kier molecular flexibility index (Phi) is 14.4. The Hall–Kier alpha value is -4.96. The second-order valence-corrected chi connectivity index (χ2v) is 18.5. The molecule has 0 bridgehead atoms. The molecule has 5 aromatic carbocycles. The molecule has 5 aromatic rings. The number of halogens is 1. The Labute approximate surface area is 361 Å². The van der Waals surface area contributed by atoms with Crippen LogP contribution in [0.1, 0.15) is 22.3 Å². The van der Waals surface area contributed by atoms with Crippen molar-refractivity contribution in [1.82, 2.24) is 19.4 Å². The summed E-state index contributed by atoms with van der Waals surface area (Å²) in [5.41, 5.74) is 4.49. The molecule has 2 heterocycles. The van der Waals surface area contributed by atoms with E-state index in [1.807, 2.05) is 72.8 Å². The molecule has 60 heavy (non-hydrogen) atoms. The maximum absolute atomic E-state index is 13.5. The fourth-order valence-corrected chi connectivity index (χ4v) is 9.64. The van der Waals surface area contributed by atoms with E-state index >= 15 is 0 Å². The van der Waals surface area contributed by atoms with Crippen LogP contribution in [0.5, 0.6) is 0 Å². The van der Waals surface area contributed by atoms with Crippen LogP contribution in [-0.4, -0.2) is 112 Å². The summed E-state index contributed by atoms with van der Waals surface area (Å²) < 4.78 is 29.1. The molecule has 7 rings (SSSR count). The SMILES string of the molecule is CN1CCN(CC[C@H](CSc2ccccc2)Nc2ccc(S(=O)(=O)NC(=O)c3ccc(N4CCN(Cc5ccccc5-c5ccc(Cl)cc5)CC4)cc3)cc2[N+](=O)[O-])CC1. The first-order chi connectivity index (χ1) is 29.0. The Morgan fingerprint density at radius 1 is 0.817 bits per heavy atom. The van der Waals surface area contributed by atoms with Crippen LogP contribution < -0.4 is 14.9 Å². The number of carbonyl (C=O) groups is 1. The molecule has 12 nitrogen and oxygen atoms in total. The zero-order chi connectivity index (χ0) is 42.1. The monoisotopic (exact) mass is 867 g/mol. The predicted molar refractivity (Wildman–Crippen MR) is 242 cm³/mol. The highest BCUT2D eigenvalue weighted by Gasteiger charge is 2.26. The number of hydrogen-bond acceptors (Lipinski definition) is 11. The summed E-state index contributed by atoms with van der Waals surface area (Å²) >= 11 is 7.79. The van der Waals surface area contributed by atoms with Gasteiger partial charge in [0.15, 0.2) is 0 Å². The number of amides is 1. The fourth-order valence-electron chi connectivity index (χ4n) is 7.53. The molecule has 1 atom stereocenters. The minimum absolute atomic E-state index is 0.134. The Balaban J connectivity index is 0.958. The highest BCUT2D eigenvalue weighted by molar-refractivity contribution is 7.99. The van der Waals surface area contributed by atoms with E-state index in [4.69, 9.17) is 11.6 Å². The molecule has 2 aliphatic rings. The van der Waals surface area contributed by atoms with Crippen molar-refractivity contribution in [3.05, 3.63) is 148 Å². The van der Waals surface area contributed by atoms with Crippen LogP contribution in [0, 0.1) is 10.1 Å². The van der Waals surface area contributed by atoms with Gasteiger partial charge in [0.2, 0.25) is 0 Å².